The van der Waals surface area contributed by atoms with Crippen molar-refractivity contribution in [2.24, 2.45) is 0 Å². The third kappa shape index (κ3) is 7.11. The molecule has 0 atom stereocenters. The molecule has 4 N–H and O–H groups in total. The number of alkyl halides is 3. The van der Waals surface area contributed by atoms with E-state index >= 15 is 0 Å². The minimum atomic E-state index is -5.08. The number of hydrogen-bond acceptors (Lipinski definition) is 9. The van der Waals surface area contributed by atoms with Gasteiger partial charge in [-0.1, -0.05) is 11.6 Å². The van der Waals surface area contributed by atoms with E-state index in [1.807, 2.05) is 15.8 Å². The Morgan fingerprint density at radius 1 is 1.15 bits per heavy atom. The fraction of sp³-hybridized carbons (Fsp3) is 0.360. The molecule has 10 nitrogen and oxygen atoms in total. The van der Waals surface area contributed by atoms with Gasteiger partial charge in [0.25, 0.3) is 0 Å². The quantitative estimate of drug-likeness (QED) is 0.205. The Morgan fingerprint density at radius 2 is 1.85 bits per heavy atom. The first-order chi connectivity index (χ1) is 19.5. The topological polar surface area (TPSA) is 137 Å². The van der Waals surface area contributed by atoms with Crippen LogP contribution in [0, 0.1) is 5.82 Å². The molecule has 0 bridgehead atoms. The van der Waals surface area contributed by atoms with Gasteiger partial charge in [-0.05, 0) is 36.6 Å². The van der Waals surface area contributed by atoms with Crippen molar-refractivity contribution in [3.63, 3.8) is 0 Å². The highest BCUT2D eigenvalue weighted by molar-refractivity contribution is 7.22. The van der Waals surface area contributed by atoms with Crippen molar-refractivity contribution in [3.05, 3.63) is 52.8 Å². The highest BCUT2D eigenvalue weighted by Gasteiger charge is 2.38. The van der Waals surface area contributed by atoms with Gasteiger partial charge in [0.15, 0.2) is 0 Å². The van der Waals surface area contributed by atoms with Gasteiger partial charge in [0.05, 0.1) is 36.4 Å². The molecule has 220 valence electrons. The van der Waals surface area contributed by atoms with Crippen LogP contribution >= 0.6 is 22.9 Å². The lowest BCUT2D eigenvalue weighted by molar-refractivity contribution is -0.192. The standard InChI is InChI=1S/C23H24ClFN6O2S.C2HF3O2/c24-17-11-14(1-3-18(17)25)29-22-20-15-2-4-19-16(21(15)34-23(20)27-13-26-22)12-28-31(19)6-5-30(7-9-32)8-10-33;3-2(4,5)1(6)7/h1,3,11-13,32-33H,2,4-10H2,(H,26,27,29);(H,6,7). The summed E-state index contributed by atoms with van der Waals surface area (Å²) in [5, 5.41) is 34.6. The van der Waals surface area contributed by atoms with Crippen molar-refractivity contribution in [2.45, 2.75) is 25.6 Å². The van der Waals surface area contributed by atoms with Crippen molar-refractivity contribution >= 4 is 50.6 Å². The molecule has 0 unspecified atom stereocenters. The molecule has 0 saturated heterocycles. The number of nitrogens with one attached hydrogen (secondary N) is 1. The lowest BCUT2D eigenvalue weighted by Gasteiger charge is -2.21. The van der Waals surface area contributed by atoms with Crippen LogP contribution < -0.4 is 5.32 Å². The summed E-state index contributed by atoms with van der Waals surface area (Å²) >= 11 is 7.57. The molecule has 3 aromatic heterocycles. The number of aliphatic hydroxyl groups excluding tert-OH is 2. The van der Waals surface area contributed by atoms with Crippen LogP contribution in [0.25, 0.3) is 20.7 Å². The molecule has 5 rings (SSSR count). The van der Waals surface area contributed by atoms with Crippen LogP contribution in [0.5, 0.6) is 0 Å². The number of aryl methyl sites for hydroxylation is 1. The third-order valence-corrected chi connectivity index (χ3v) is 7.74. The number of aliphatic carboxylic acids is 1. The number of carboxylic acids is 1. The average molecular weight is 617 g/mol. The highest BCUT2D eigenvalue weighted by Crippen LogP contribution is 2.45. The zero-order valence-electron chi connectivity index (χ0n) is 21.3. The fourth-order valence-corrected chi connectivity index (χ4v) is 5.81. The molecule has 41 heavy (non-hydrogen) atoms. The molecule has 0 aliphatic heterocycles. The van der Waals surface area contributed by atoms with Crippen LogP contribution in [0.15, 0.2) is 30.7 Å². The molecule has 3 heterocycles. The predicted molar refractivity (Wildman–Crippen MR) is 145 cm³/mol. The second-order valence-corrected chi connectivity index (χ2v) is 10.3. The van der Waals surface area contributed by atoms with E-state index in [9.17, 15) is 27.8 Å². The number of aliphatic hydroxyl groups is 2. The Kier molecular flexibility index (Phi) is 9.76. The van der Waals surface area contributed by atoms with Gasteiger partial charge >= 0.3 is 12.1 Å². The van der Waals surface area contributed by atoms with Crippen molar-refractivity contribution in [3.8, 4) is 10.4 Å². The van der Waals surface area contributed by atoms with Crippen molar-refractivity contribution in [1.82, 2.24) is 24.6 Å². The number of rotatable bonds is 9. The minimum Gasteiger partial charge on any atom is -0.475 e. The van der Waals surface area contributed by atoms with Gasteiger partial charge in [-0.3, -0.25) is 9.58 Å². The molecule has 1 aliphatic carbocycles. The molecular weight excluding hydrogens is 592 g/mol. The summed E-state index contributed by atoms with van der Waals surface area (Å²) < 4.78 is 47.3. The summed E-state index contributed by atoms with van der Waals surface area (Å²) in [6, 6.07) is 4.50. The molecular formula is C25H25ClF4N6O4S. The summed E-state index contributed by atoms with van der Waals surface area (Å²) in [5.74, 6) is -2.55. The van der Waals surface area contributed by atoms with Crippen LogP contribution in [0.3, 0.4) is 0 Å². The number of anilines is 2. The lowest BCUT2D eigenvalue weighted by atomic mass is 9.95. The van der Waals surface area contributed by atoms with E-state index in [4.69, 9.17) is 21.5 Å². The molecule has 4 aromatic rings. The van der Waals surface area contributed by atoms with E-state index in [1.165, 1.54) is 23.7 Å². The second kappa shape index (κ2) is 13.1. The van der Waals surface area contributed by atoms with Crippen LogP contribution in [-0.2, 0) is 24.2 Å². The molecule has 0 radical (unpaired) electrons. The van der Waals surface area contributed by atoms with E-state index in [-0.39, 0.29) is 18.2 Å². The summed E-state index contributed by atoms with van der Waals surface area (Å²) in [5.41, 5.74) is 4.13. The summed E-state index contributed by atoms with van der Waals surface area (Å²) in [6.45, 7) is 2.56. The first-order valence-corrected chi connectivity index (χ1v) is 13.5. The van der Waals surface area contributed by atoms with Crippen molar-refractivity contribution < 1.29 is 37.7 Å². The Morgan fingerprint density at radius 3 is 2.49 bits per heavy atom. The van der Waals surface area contributed by atoms with Gasteiger partial charge in [0, 0.05) is 41.5 Å². The summed E-state index contributed by atoms with van der Waals surface area (Å²) in [7, 11) is 0. The van der Waals surface area contributed by atoms with E-state index in [1.54, 1.807) is 23.5 Å². The zero-order valence-corrected chi connectivity index (χ0v) is 22.9. The van der Waals surface area contributed by atoms with Gasteiger partial charge in [0.2, 0.25) is 0 Å². The Balaban J connectivity index is 0.000000493. The maximum absolute atomic E-state index is 13.6. The number of fused-ring (bicyclic) bond motifs is 5. The molecule has 0 saturated carbocycles. The third-order valence-electron chi connectivity index (χ3n) is 6.28. The maximum atomic E-state index is 13.6. The number of thiophene rings is 1. The largest absolute Gasteiger partial charge is 0.490 e. The highest BCUT2D eigenvalue weighted by atomic mass is 35.5. The van der Waals surface area contributed by atoms with Crippen LogP contribution in [0.1, 0.15) is 11.3 Å². The first-order valence-electron chi connectivity index (χ1n) is 12.3. The summed E-state index contributed by atoms with van der Waals surface area (Å²) in [6.07, 6.45) is 0.0204. The van der Waals surface area contributed by atoms with Crippen molar-refractivity contribution in [2.75, 3.05) is 38.2 Å². The molecule has 0 amide bonds. The first kappa shape index (κ1) is 30.6. The molecule has 0 spiro atoms. The monoisotopic (exact) mass is 616 g/mol. The van der Waals surface area contributed by atoms with Gasteiger partial charge in [-0.15, -0.1) is 11.3 Å². The molecule has 0 fully saturated rings. The van der Waals surface area contributed by atoms with Crippen LogP contribution in [0.2, 0.25) is 5.02 Å². The van der Waals surface area contributed by atoms with Crippen molar-refractivity contribution in [1.29, 1.82) is 0 Å². The zero-order chi connectivity index (χ0) is 29.7. The van der Waals surface area contributed by atoms with Gasteiger partial charge in [-0.25, -0.2) is 19.2 Å². The van der Waals surface area contributed by atoms with E-state index in [0.717, 1.165) is 33.5 Å². The van der Waals surface area contributed by atoms with E-state index < -0.39 is 18.0 Å². The second-order valence-electron chi connectivity index (χ2n) is 8.89. The van der Waals surface area contributed by atoms with Gasteiger partial charge in [0.1, 0.15) is 22.8 Å². The normalized spacial score (nSPS) is 12.6. The smallest absolute Gasteiger partial charge is 0.475 e. The van der Waals surface area contributed by atoms with Crippen LogP contribution in [-0.4, -0.2) is 85.0 Å². The SMILES string of the molecule is O=C(O)C(F)(F)F.OCCN(CCO)CCn1ncc2c1CCc1c-2sc2ncnc(Nc3ccc(F)c(Cl)c3)c12. The summed E-state index contributed by atoms with van der Waals surface area (Å²) in [4.78, 5) is 21.9. The minimum absolute atomic E-state index is 0.0521. The number of halogens is 5. The Bertz CT molecular complexity index is 1520. The lowest BCUT2D eigenvalue weighted by Crippen LogP contribution is -2.33. The molecule has 1 aliphatic rings. The van der Waals surface area contributed by atoms with Gasteiger partial charge < -0.3 is 20.6 Å². The maximum Gasteiger partial charge on any atom is 0.490 e. The Labute approximate surface area is 239 Å². The molecule has 16 heteroatoms. The number of aromatic nitrogens is 4. The molecule has 1 aromatic carbocycles. The fourth-order valence-electron chi connectivity index (χ4n) is 4.41. The van der Waals surface area contributed by atoms with Crippen LogP contribution in [0.4, 0.5) is 29.1 Å². The van der Waals surface area contributed by atoms with E-state index in [2.05, 4.69) is 20.4 Å². The number of hydrogen-bond donors (Lipinski definition) is 4. The number of nitrogens with zero attached hydrogens (tertiary/aromatic N) is 5. The number of carboxylic acid groups (broad SMARTS) is 1. The number of carbonyl (C=O) groups is 1. The average Bonchev–Trinajstić information content (AvgIpc) is 3.51. The van der Waals surface area contributed by atoms with Gasteiger partial charge in [-0.2, -0.15) is 18.3 Å². The number of benzene rings is 1. The van der Waals surface area contributed by atoms with E-state index in [0.29, 0.717) is 37.7 Å². The predicted octanol–water partition coefficient (Wildman–Crippen LogP) is 4.11. The Hall–Kier alpha value is -3.37.